The first kappa shape index (κ1) is 14.6. The van der Waals surface area contributed by atoms with Crippen LogP contribution in [0, 0.1) is 0 Å². The maximum absolute atomic E-state index is 12.2. The van der Waals surface area contributed by atoms with E-state index in [1.807, 2.05) is 17.9 Å². The van der Waals surface area contributed by atoms with Crippen molar-refractivity contribution in [3.05, 3.63) is 18.5 Å². The predicted molar refractivity (Wildman–Crippen MR) is 81.9 cm³/mol. The van der Waals surface area contributed by atoms with E-state index < -0.39 is 0 Å². The smallest absolute Gasteiger partial charge is 0.244 e. The second kappa shape index (κ2) is 7.12. The summed E-state index contributed by atoms with van der Waals surface area (Å²) in [5, 5.41) is 6.54. The Morgan fingerprint density at radius 2 is 2.05 bits per heavy atom. The molecule has 2 N–H and O–H groups in total. The molecule has 5 heteroatoms. The van der Waals surface area contributed by atoms with Crippen molar-refractivity contribution in [2.75, 3.05) is 30.3 Å². The summed E-state index contributed by atoms with van der Waals surface area (Å²) in [6, 6.07) is 1.78. The number of anilines is 2. The van der Waals surface area contributed by atoms with Crippen LogP contribution < -0.4 is 10.6 Å². The Hall–Kier alpha value is -1.78. The first-order chi connectivity index (χ1) is 9.70. The Bertz CT molecular complexity index is 443. The summed E-state index contributed by atoms with van der Waals surface area (Å²) in [6.45, 7) is 6.74. The van der Waals surface area contributed by atoms with Crippen molar-refractivity contribution < 1.29 is 4.79 Å². The highest BCUT2D eigenvalue weighted by Crippen LogP contribution is 2.16. The normalized spacial score (nSPS) is 16.0. The molecule has 0 spiro atoms. The number of carbonyl (C=O) groups excluding carboxylic acids is 1. The first-order valence-corrected chi connectivity index (χ1v) is 7.45. The number of pyridine rings is 1. The molecule has 0 radical (unpaired) electrons. The van der Waals surface area contributed by atoms with Crippen LogP contribution in [0.25, 0.3) is 0 Å². The van der Waals surface area contributed by atoms with Crippen molar-refractivity contribution in [3.63, 3.8) is 0 Å². The third-order valence-corrected chi connectivity index (χ3v) is 3.49. The minimum absolute atomic E-state index is 0.175. The summed E-state index contributed by atoms with van der Waals surface area (Å²) in [4.78, 5) is 18.4. The molecule has 1 aliphatic rings. The van der Waals surface area contributed by atoms with E-state index in [2.05, 4.69) is 22.5 Å². The summed E-state index contributed by atoms with van der Waals surface area (Å²) < 4.78 is 0. The Balaban J connectivity index is 1.92. The molecular formula is C15H24N4O. The molecule has 20 heavy (non-hydrogen) atoms. The molecule has 0 aliphatic carbocycles. The highest BCUT2D eigenvalue weighted by atomic mass is 16.2. The third kappa shape index (κ3) is 3.85. The Labute approximate surface area is 120 Å². The van der Waals surface area contributed by atoms with Crippen LogP contribution in [0.3, 0.4) is 0 Å². The second-order valence-corrected chi connectivity index (χ2v) is 5.29. The molecule has 1 fully saturated rings. The van der Waals surface area contributed by atoms with Crippen LogP contribution >= 0.6 is 0 Å². The largest absolute Gasteiger partial charge is 0.384 e. The number of aromatic nitrogens is 1. The third-order valence-electron chi connectivity index (χ3n) is 3.49. The molecule has 1 unspecified atom stereocenters. The molecule has 5 nitrogen and oxygen atoms in total. The first-order valence-electron chi connectivity index (χ1n) is 7.45. The van der Waals surface area contributed by atoms with Gasteiger partial charge in [0.15, 0.2) is 0 Å². The zero-order valence-electron chi connectivity index (χ0n) is 12.4. The van der Waals surface area contributed by atoms with E-state index in [1.165, 1.54) is 0 Å². The van der Waals surface area contributed by atoms with Crippen molar-refractivity contribution in [2.45, 2.75) is 39.2 Å². The maximum Gasteiger partial charge on any atom is 0.244 e. The van der Waals surface area contributed by atoms with Crippen LogP contribution in [0.4, 0.5) is 11.4 Å². The lowest BCUT2D eigenvalue weighted by atomic mass is 10.2. The van der Waals surface area contributed by atoms with Crippen LogP contribution in [0.15, 0.2) is 18.5 Å². The van der Waals surface area contributed by atoms with E-state index in [0.29, 0.717) is 0 Å². The maximum atomic E-state index is 12.2. The summed E-state index contributed by atoms with van der Waals surface area (Å²) in [6.07, 6.45) is 6.87. The number of nitrogens with zero attached hydrogens (tertiary/aromatic N) is 2. The van der Waals surface area contributed by atoms with E-state index >= 15 is 0 Å². The van der Waals surface area contributed by atoms with E-state index in [0.717, 1.165) is 50.3 Å². The zero-order valence-corrected chi connectivity index (χ0v) is 12.4. The predicted octanol–water partition coefficient (Wildman–Crippen LogP) is 2.33. The Morgan fingerprint density at radius 1 is 1.35 bits per heavy atom. The number of hydrogen-bond acceptors (Lipinski definition) is 4. The number of rotatable bonds is 6. The van der Waals surface area contributed by atoms with Crippen LogP contribution in [0.5, 0.6) is 0 Å². The lowest BCUT2D eigenvalue weighted by Crippen LogP contribution is -2.39. The van der Waals surface area contributed by atoms with Crippen molar-refractivity contribution in [3.8, 4) is 0 Å². The van der Waals surface area contributed by atoms with Crippen molar-refractivity contribution >= 4 is 17.3 Å². The minimum Gasteiger partial charge on any atom is -0.384 e. The van der Waals surface area contributed by atoms with Gasteiger partial charge < -0.3 is 15.5 Å². The highest BCUT2D eigenvalue weighted by Gasteiger charge is 2.23. The van der Waals surface area contributed by atoms with Crippen molar-refractivity contribution in [1.29, 1.82) is 0 Å². The van der Waals surface area contributed by atoms with Crippen molar-refractivity contribution in [1.82, 2.24) is 9.88 Å². The van der Waals surface area contributed by atoms with E-state index in [4.69, 9.17) is 0 Å². The molecule has 1 saturated heterocycles. The van der Waals surface area contributed by atoms with Gasteiger partial charge in [-0.05, 0) is 32.3 Å². The molecule has 1 aromatic rings. The summed E-state index contributed by atoms with van der Waals surface area (Å²) in [5.74, 6) is 0.175. The molecule has 1 aromatic heterocycles. The summed E-state index contributed by atoms with van der Waals surface area (Å²) in [5.41, 5.74) is 1.86. The highest BCUT2D eigenvalue weighted by molar-refractivity contribution is 5.84. The molecule has 0 bridgehead atoms. The van der Waals surface area contributed by atoms with Gasteiger partial charge in [0.2, 0.25) is 5.91 Å². The van der Waals surface area contributed by atoms with Gasteiger partial charge in [0.1, 0.15) is 6.04 Å². The molecule has 0 aromatic carbocycles. The quantitative estimate of drug-likeness (QED) is 0.837. The molecule has 1 atom stereocenters. The summed E-state index contributed by atoms with van der Waals surface area (Å²) in [7, 11) is 0. The molecule has 0 saturated carbocycles. The van der Waals surface area contributed by atoms with Gasteiger partial charge in [-0.3, -0.25) is 9.78 Å². The summed E-state index contributed by atoms with van der Waals surface area (Å²) >= 11 is 0. The van der Waals surface area contributed by atoms with Gasteiger partial charge in [-0.15, -0.1) is 0 Å². The Kier molecular flexibility index (Phi) is 5.21. The average Bonchev–Trinajstić information content (AvgIpc) is 2.98. The van der Waals surface area contributed by atoms with Gasteiger partial charge in [-0.25, -0.2) is 0 Å². The van der Waals surface area contributed by atoms with Gasteiger partial charge in [0.25, 0.3) is 0 Å². The van der Waals surface area contributed by atoms with E-state index in [-0.39, 0.29) is 11.9 Å². The van der Waals surface area contributed by atoms with Crippen LogP contribution in [-0.2, 0) is 4.79 Å². The second-order valence-electron chi connectivity index (χ2n) is 5.29. The average molecular weight is 276 g/mol. The van der Waals surface area contributed by atoms with Gasteiger partial charge >= 0.3 is 0 Å². The monoisotopic (exact) mass is 276 g/mol. The minimum atomic E-state index is -0.212. The fourth-order valence-electron chi connectivity index (χ4n) is 2.41. The number of hydrogen-bond donors (Lipinski definition) is 2. The molecule has 1 aliphatic heterocycles. The number of likely N-dealkylation sites (tertiary alicyclic amines) is 1. The van der Waals surface area contributed by atoms with E-state index in [1.54, 1.807) is 12.4 Å². The number of carbonyl (C=O) groups is 1. The van der Waals surface area contributed by atoms with Crippen LogP contribution in [0.2, 0.25) is 0 Å². The van der Waals surface area contributed by atoms with Crippen LogP contribution in [0.1, 0.15) is 33.1 Å². The lowest BCUT2D eigenvalue weighted by Gasteiger charge is -2.22. The van der Waals surface area contributed by atoms with Gasteiger partial charge in [0.05, 0.1) is 23.8 Å². The number of amides is 1. The molecule has 2 rings (SSSR count). The fraction of sp³-hybridized carbons (Fsp3) is 0.600. The Morgan fingerprint density at radius 3 is 2.75 bits per heavy atom. The molecule has 110 valence electrons. The zero-order chi connectivity index (χ0) is 14.4. The molecule has 1 amide bonds. The van der Waals surface area contributed by atoms with Crippen LogP contribution in [-0.4, -0.2) is 41.5 Å². The van der Waals surface area contributed by atoms with Crippen molar-refractivity contribution in [2.24, 2.45) is 0 Å². The standard InChI is InChI=1S/C15H24N4O/c1-3-6-17-13-9-14(11-16-10-13)18-12(2)15(20)19-7-4-5-8-19/h9-12,17-18H,3-8H2,1-2H3. The SMILES string of the molecule is CCCNc1cncc(NC(C)C(=O)N2CCCC2)c1. The van der Waals surface area contributed by atoms with Gasteiger partial charge in [-0.2, -0.15) is 0 Å². The van der Waals surface area contributed by atoms with Gasteiger partial charge in [0, 0.05) is 19.6 Å². The number of nitrogens with one attached hydrogen (secondary N) is 2. The van der Waals surface area contributed by atoms with Gasteiger partial charge in [-0.1, -0.05) is 6.92 Å². The molecular weight excluding hydrogens is 252 g/mol. The molecule has 2 heterocycles. The fourth-order valence-corrected chi connectivity index (χ4v) is 2.41. The van der Waals surface area contributed by atoms with E-state index in [9.17, 15) is 4.79 Å². The topological polar surface area (TPSA) is 57.3 Å². The lowest BCUT2D eigenvalue weighted by molar-refractivity contribution is -0.130.